The van der Waals surface area contributed by atoms with E-state index >= 15 is 0 Å². The van der Waals surface area contributed by atoms with E-state index in [1.54, 1.807) is 0 Å². The van der Waals surface area contributed by atoms with Crippen molar-refractivity contribution in [3.63, 3.8) is 0 Å². The highest BCUT2D eigenvalue weighted by atomic mass is 31.2. The highest BCUT2D eigenvalue weighted by molar-refractivity contribution is 7.47. The van der Waals surface area contributed by atoms with Crippen LogP contribution in [-0.4, -0.2) is 104 Å². The number of nitrogens with zero attached hydrogens (tertiary/aromatic N) is 1. The first-order chi connectivity index (χ1) is 27.2. The molecule has 0 aromatic carbocycles. The number of phosphoric ester groups is 1. The van der Waals surface area contributed by atoms with Crippen LogP contribution in [0.15, 0.2) is 23.8 Å². The van der Waals surface area contributed by atoms with Crippen LogP contribution in [0.4, 0.5) is 0 Å². The zero-order valence-electron chi connectivity index (χ0n) is 36.2. The lowest BCUT2D eigenvalue weighted by Crippen LogP contribution is -2.37. The number of epoxide rings is 1. The molecule has 0 bridgehead atoms. The van der Waals surface area contributed by atoms with Gasteiger partial charge >= 0.3 is 19.8 Å². The van der Waals surface area contributed by atoms with Crippen molar-refractivity contribution >= 4 is 25.5 Å². The van der Waals surface area contributed by atoms with E-state index in [1.165, 1.54) is 64.2 Å². The number of carbonyl (C=O) groups is 3. The summed E-state index contributed by atoms with van der Waals surface area (Å²) < 4.78 is 40.1. The van der Waals surface area contributed by atoms with E-state index in [-0.39, 0.29) is 56.4 Å². The quantitative estimate of drug-likeness (QED) is 0.0119. The third-order valence-corrected chi connectivity index (χ3v) is 11.6. The second kappa shape index (κ2) is 29.3. The normalized spacial score (nSPS) is 21.9. The third kappa shape index (κ3) is 25.3. The standard InChI is InChI=1S/C44H78NO11P/c1-6-8-10-12-14-15-16-17-18-19-20-22-24-28-43(48)52-34-36(35-54-57(50,51)53-31-30-45(3,4)5)55-44(49)29-25-27-41-42(56-41)32-38-37(39(46)33-40(38)47)26-23-21-13-11-9-7-2/h21,23,32,36-37,39,41-42,46H,6-20,22,24-31,33-35H2,1-5H3/p+1/b23-21-,38-32+/t36?,37-,39-,41-,42-/m1/s1. The fourth-order valence-electron chi connectivity index (χ4n) is 6.95. The van der Waals surface area contributed by atoms with Gasteiger partial charge in [-0.05, 0) is 50.2 Å². The maximum atomic E-state index is 12.9. The Morgan fingerprint density at radius 1 is 0.825 bits per heavy atom. The van der Waals surface area contributed by atoms with Crippen molar-refractivity contribution < 1.29 is 56.7 Å². The number of likely N-dealkylation sites (N-methyl/N-ethyl adjacent to an activating group) is 1. The van der Waals surface area contributed by atoms with Gasteiger partial charge in [-0.2, -0.15) is 0 Å². The van der Waals surface area contributed by atoms with Gasteiger partial charge in [0.05, 0.1) is 40.0 Å². The van der Waals surface area contributed by atoms with Gasteiger partial charge in [-0.25, -0.2) is 4.57 Å². The number of aliphatic hydroxyl groups excluding tert-OH is 1. The number of ketones is 1. The number of phosphoric acid groups is 1. The predicted octanol–water partition coefficient (Wildman–Crippen LogP) is 9.10. The van der Waals surface area contributed by atoms with Crippen LogP contribution in [0.2, 0.25) is 0 Å². The monoisotopic (exact) mass is 829 g/mol. The number of aliphatic hydroxyl groups is 1. The molecule has 57 heavy (non-hydrogen) atoms. The van der Waals surface area contributed by atoms with Gasteiger partial charge in [0.1, 0.15) is 25.9 Å². The molecule has 1 aliphatic carbocycles. The van der Waals surface area contributed by atoms with Gasteiger partial charge in [-0.3, -0.25) is 23.4 Å². The van der Waals surface area contributed by atoms with Crippen molar-refractivity contribution in [3.05, 3.63) is 23.8 Å². The molecule has 0 aromatic heterocycles. The Labute approximate surface area is 344 Å². The SMILES string of the molecule is CCCCC/C=C\C[C@@H]1/C(=C\[C@H]2O[C@@H]2CCCC(=O)OC(COC(=O)CCCCCCCCCCCCCCC)COP(=O)(O)OCC[N+](C)(C)C)C(=O)C[C@H]1O. The molecule has 1 saturated carbocycles. The smallest absolute Gasteiger partial charge is 0.462 e. The second-order valence-electron chi connectivity index (χ2n) is 17.1. The maximum Gasteiger partial charge on any atom is 0.472 e. The lowest BCUT2D eigenvalue weighted by molar-refractivity contribution is -0.870. The zero-order chi connectivity index (χ0) is 41.9. The van der Waals surface area contributed by atoms with Gasteiger partial charge in [0.15, 0.2) is 11.9 Å². The molecule has 2 unspecified atom stereocenters. The summed E-state index contributed by atoms with van der Waals surface area (Å²) >= 11 is 0. The largest absolute Gasteiger partial charge is 0.472 e. The van der Waals surface area contributed by atoms with E-state index < -0.39 is 38.6 Å². The summed E-state index contributed by atoms with van der Waals surface area (Å²) in [7, 11) is 1.33. The van der Waals surface area contributed by atoms with Crippen LogP contribution in [-0.2, 0) is 42.2 Å². The summed E-state index contributed by atoms with van der Waals surface area (Å²) in [5.41, 5.74) is 0.627. The fraction of sp³-hybridized carbons (Fsp3) is 0.841. The molecular formula is C44H79NO11P+. The van der Waals surface area contributed by atoms with E-state index in [1.807, 2.05) is 27.2 Å². The first kappa shape index (κ1) is 51.2. The number of Topliss-reactive ketones (excluding diaryl/α,β-unsaturated/α-hetero) is 1. The lowest BCUT2D eigenvalue weighted by Gasteiger charge is -2.24. The molecule has 1 heterocycles. The topological polar surface area (TPSA) is 158 Å². The Bertz CT molecular complexity index is 1250. The van der Waals surface area contributed by atoms with E-state index in [2.05, 4.69) is 26.0 Å². The number of hydrogen-bond donors (Lipinski definition) is 2. The van der Waals surface area contributed by atoms with Crippen molar-refractivity contribution in [3.8, 4) is 0 Å². The molecule has 12 nitrogen and oxygen atoms in total. The second-order valence-corrected chi connectivity index (χ2v) is 18.5. The van der Waals surface area contributed by atoms with Gasteiger partial charge in [0.25, 0.3) is 0 Å². The molecule has 2 rings (SSSR count). The van der Waals surface area contributed by atoms with Crippen molar-refractivity contribution in [2.45, 2.75) is 186 Å². The number of ether oxygens (including phenoxy) is 3. The van der Waals surface area contributed by atoms with Gasteiger partial charge in [0, 0.05) is 25.2 Å². The third-order valence-electron chi connectivity index (χ3n) is 10.6. The van der Waals surface area contributed by atoms with Crippen LogP contribution in [0.3, 0.4) is 0 Å². The van der Waals surface area contributed by atoms with Crippen molar-refractivity contribution in [1.29, 1.82) is 0 Å². The lowest BCUT2D eigenvalue weighted by atomic mass is 9.95. The van der Waals surface area contributed by atoms with Crippen LogP contribution in [0.25, 0.3) is 0 Å². The van der Waals surface area contributed by atoms with Gasteiger partial charge < -0.3 is 28.7 Å². The van der Waals surface area contributed by atoms with Gasteiger partial charge in [0.2, 0.25) is 0 Å². The Morgan fingerprint density at radius 3 is 2.05 bits per heavy atom. The number of allylic oxidation sites excluding steroid dienone is 2. The number of rotatable bonds is 35. The van der Waals surface area contributed by atoms with E-state index in [0.717, 1.165) is 38.5 Å². The van der Waals surface area contributed by atoms with Crippen LogP contribution >= 0.6 is 7.82 Å². The Balaban J connectivity index is 1.76. The molecule has 6 atom stereocenters. The molecule has 13 heteroatoms. The Morgan fingerprint density at radius 2 is 1.42 bits per heavy atom. The van der Waals surface area contributed by atoms with Crippen LogP contribution < -0.4 is 0 Å². The minimum Gasteiger partial charge on any atom is -0.462 e. The summed E-state index contributed by atoms with van der Waals surface area (Å²) in [6.45, 7) is 4.08. The zero-order valence-corrected chi connectivity index (χ0v) is 37.1. The number of hydrogen-bond acceptors (Lipinski definition) is 10. The molecule has 2 N–H and O–H groups in total. The minimum atomic E-state index is -4.45. The molecule has 2 aliphatic rings. The highest BCUT2D eigenvalue weighted by Crippen LogP contribution is 2.43. The van der Waals surface area contributed by atoms with Crippen molar-refractivity contribution in [2.75, 3.05) is 47.5 Å². The molecule has 0 aromatic rings. The molecule has 1 saturated heterocycles. The Kier molecular flexibility index (Phi) is 26.4. The molecular weight excluding hydrogens is 749 g/mol. The summed E-state index contributed by atoms with van der Waals surface area (Å²) in [4.78, 5) is 48.3. The number of unbranched alkanes of at least 4 members (excludes halogenated alkanes) is 15. The average molecular weight is 829 g/mol. The van der Waals surface area contributed by atoms with Crippen LogP contribution in [0.5, 0.6) is 0 Å². The number of quaternary nitrogens is 1. The minimum absolute atomic E-state index is 0.0116. The molecule has 0 amide bonds. The van der Waals surface area contributed by atoms with Gasteiger partial charge in [-0.1, -0.05) is 116 Å². The molecule has 2 fully saturated rings. The van der Waals surface area contributed by atoms with Crippen molar-refractivity contribution in [2.24, 2.45) is 5.92 Å². The molecule has 0 radical (unpaired) electrons. The number of carbonyl (C=O) groups excluding carboxylic acids is 3. The maximum absolute atomic E-state index is 12.9. The van der Waals surface area contributed by atoms with E-state index in [0.29, 0.717) is 42.3 Å². The fourth-order valence-corrected chi connectivity index (χ4v) is 7.69. The van der Waals surface area contributed by atoms with E-state index in [4.69, 9.17) is 23.3 Å². The van der Waals surface area contributed by atoms with Crippen molar-refractivity contribution in [1.82, 2.24) is 0 Å². The first-order valence-corrected chi connectivity index (χ1v) is 23.7. The summed E-state index contributed by atoms with van der Waals surface area (Å²) in [6, 6.07) is 0. The number of esters is 2. The summed E-state index contributed by atoms with van der Waals surface area (Å²) in [5.74, 6) is -1.27. The average Bonchev–Trinajstić information content (AvgIpc) is 3.83. The van der Waals surface area contributed by atoms with Gasteiger partial charge in [-0.15, -0.1) is 0 Å². The summed E-state index contributed by atoms with van der Waals surface area (Å²) in [5, 5.41) is 10.5. The molecule has 0 spiro atoms. The van der Waals surface area contributed by atoms with E-state index in [9.17, 15) is 28.9 Å². The van der Waals surface area contributed by atoms with Crippen LogP contribution in [0.1, 0.15) is 162 Å². The predicted molar refractivity (Wildman–Crippen MR) is 223 cm³/mol. The van der Waals surface area contributed by atoms with Crippen LogP contribution in [0, 0.1) is 5.92 Å². The first-order valence-electron chi connectivity index (χ1n) is 22.3. The molecule has 1 aliphatic heterocycles. The Hall–Kier alpha value is -1.92. The summed E-state index contributed by atoms with van der Waals surface area (Å²) in [6.07, 6.45) is 26.0. The molecule has 330 valence electrons. The highest BCUT2D eigenvalue weighted by Gasteiger charge is 2.42.